The van der Waals surface area contributed by atoms with Gasteiger partial charge in [-0.15, -0.1) is 0 Å². The van der Waals surface area contributed by atoms with Gasteiger partial charge in [-0.3, -0.25) is 4.40 Å². The van der Waals surface area contributed by atoms with Crippen LogP contribution in [-0.2, 0) is 11.3 Å². The third-order valence-electron chi connectivity index (χ3n) is 4.05. The number of hydrogen-bond acceptors (Lipinski definition) is 6. The van der Waals surface area contributed by atoms with Crippen molar-refractivity contribution in [1.29, 1.82) is 0 Å². The average molecular weight is 433 g/mol. The van der Waals surface area contributed by atoms with Gasteiger partial charge in [0.15, 0.2) is 11.3 Å². The molecule has 9 heteroatoms. The number of furan rings is 1. The van der Waals surface area contributed by atoms with Crippen molar-refractivity contribution in [2.45, 2.75) is 13.5 Å². The van der Waals surface area contributed by atoms with Gasteiger partial charge in [0.25, 0.3) is 0 Å². The number of hydrogen-bond donors (Lipinski definition) is 1. The van der Waals surface area contributed by atoms with E-state index in [1.807, 2.05) is 0 Å². The van der Waals surface area contributed by atoms with E-state index in [1.165, 1.54) is 18.5 Å². The van der Waals surface area contributed by atoms with Crippen molar-refractivity contribution in [3.05, 3.63) is 58.4 Å². The Hall–Kier alpha value is -2.94. The van der Waals surface area contributed by atoms with Gasteiger partial charge in [0.1, 0.15) is 11.4 Å². The fraction of sp³-hybridized carbons (Fsp3) is 0.167. The average Bonchev–Trinajstić information content (AvgIpc) is 3.30. The largest absolute Gasteiger partial charge is 0.464 e. The number of anilines is 1. The van der Waals surface area contributed by atoms with Crippen LogP contribution in [0.5, 0.6) is 0 Å². The van der Waals surface area contributed by atoms with Gasteiger partial charge in [-0.05, 0) is 41.1 Å². The Balaban J connectivity index is 1.69. The van der Waals surface area contributed by atoms with Crippen LogP contribution in [0.4, 0.5) is 10.3 Å². The molecule has 4 aromatic rings. The molecule has 0 saturated carbocycles. The molecular formula is C18H14BrFN4O3. The van der Waals surface area contributed by atoms with Gasteiger partial charge < -0.3 is 14.5 Å². The maximum atomic E-state index is 14.3. The Labute approximate surface area is 161 Å². The highest BCUT2D eigenvalue weighted by molar-refractivity contribution is 9.10. The first-order chi connectivity index (χ1) is 13.1. The minimum atomic E-state index is -0.520. The van der Waals surface area contributed by atoms with Gasteiger partial charge in [0, 0.05) is 29.9 Å². The molecule has 0 saturated heterocycles. The third kappa shape index (κ3) is 3.14. The molecule has 0 aliphatic rings. The molecule has 0 unspecified atom stereocenters. The summed E-state index contributed by atoms with van der Waals surface area (Å²) >= 11 is 3.37. The van der Waals surface area contributed by atoms with Crippen LogP contribution >= 0.6 is 15.9 Å². The number of rotatable bonds is 5. The maximum Gasteiger partial charge on any atom is 0.358 e. The van der Waals surface area contributed by atoms with Crippen LogP contribution in [-0.4, -0.2) is 26.9 Å². The number of esters is 1. The van der Waals surface area contributed by atoms with Crippen molar-refractivity contribution >= 4 is 44.5 Å². The molecule has 0 aliphatic heterocycles. The highest BCUT2D eigenvalue weighted by Crippen LogP contribution is 2.25. The van der Waals surface area contributed by atoms with Crippen LogP contribution < -0.4 is 5.32 Å². The summed E-state index contributed by atoms with van der Waals surface area (Å²) < 4.78 is 26.8. The first kappa shape index (κ1) is 17.5. The van der Waals surface area contributed by atoms with Gasteiger partial charge in [-0.1, -0.05) is 0 Å². The number of aromatic nitrogens is 3. The number of fused-ring (bicyclic) bond motifs is 2. The summed E-state index contributed by atoms with van der Waals surface area (Å²) in [5.41, 5.74) is 1.73. The van der Waals surface area contributed by atoms with E-state index in [0.29, 0.717) is 32.6 Å². The summed E-state index contributed by atoms with van der Waals surface area (Å²) in [7, 11) is 0. The molecule has 1 aromatic carbocycles. The molecule has 0 amide bonds. The zero-order valence-corrected chi connectivity index (χ0v) is 15.8. The first-order valence-corrected chi connectivity index (χ1v) is 8.97. The van der Waals surface area contributed by atoms with Gasteiger partial charge in [-0.25, -0.2) is 19.2 Å². The fourth-order valence-electron chi connectivity index (χ4n) is 2.81. The lowest BCUT2D eigenvalue weighted by Crippen LogP contribution is -2.08. The number of benzene rings is 1. The highest BCUT2D eigenvalue weighted by Gasteiger charge is 2.17. The molecule has 138 valence electrons. The van der Waals surface area contributed by atoms with Crippen LogP contribution in [0.2, 0.25) is 0 Å². The molecule has 1 N–H and O–H groups in total. The zero-order chi connectivity index (χ0) is 19.0. The molecule has 7 nitrogen and oxygen atoms in total. The molecule has 3 heterocycles. The van der Waals surface area contributed by atoms with E-state index in [2.05, 4.69) is 31.2 Å². The summed E-state index contributed by atoms with van der Waals surface area (Å²) in [5, 5.41) is 3.78. The number of nitrogens with one attached hydrogen (secondary N) is 1. The van der Waals surface area contributed by atoms with Crippen molar-refractivity contribution in [2.24, 2.45) is 0 Å². The van der Waals surface area contributed by atoms with E-state index in [9.17, 15) is 9.18 Å². The van der Waals surface area contributed by atoms with Crippen LogP contribution in [0.3, 0.4) is 0 Å². The van der Waals surface area contributed by atoms with E-state index in [4.69, 9.17) is 9.15 Å². The summed E-state index contributed by atoms with van der Waals surface area (Å²) in [5.74, 6) is -0.452. The van der Waals surface area contributed by atoms with Gasteiger partial charge in [0.2, 0.25) is 5.95 Å². The third-order valence-corrected chi connectivity index (χ3v) is 4.60. The Kier molecular flexibility index (Phi) is 4.53. The summed E-state index contributed by atoms with van der Waals surface area (Å²) in [6.45, 7) is 2.16. The van der Waals surface area contributed by atoms with E-state index in [1.54, 1.807) is 29.7 Å². The number of ether oxygens (including phenoxy) is 1. The van der Waals surface area contributed by atoms with Gasteiger partial charge >= 0.3 is 5.97 Å². The minimum Gasteiger partial charge on any atom is -0.464 e. The Morgan fingerprint density at radius 1 is 1.41 bits per heavy atom. The smallest absolute Gasteiger partial charge is 0.358 e. The second kappa shape index (κ2) is 6.99. The normalized spacial score (nSPS) is 11.2. The monoisotopic (exact) mass is 432 g/mol. The first-order valence-electron chi connectivity index (χ1n) is 8.17. The molecular weight excluding hydrogens is 419 g/mol. The molecule has 0 aliphatic carbocycles. The summed E-state index contributed by atoms with van der Waals surface area (Å²) in [6, 6.07) is 4.67. The number of halogens is 2. The molecule has 0 spiro atoms. The SMILES string of the molecule is CCOC(=O)c1cn2c(NCc3c(F)ccc4occc34)ncc(Br)c2n1. The quantitative estimate of drug-likeness (QED) is 0.476. The minimum absolute atomic E-state index is 0.164. The molecule has 3 aromatic heterocycles. The van der Waals surface area contributed by atoms with E-state index in [-0.39, 0.29) is 24.7 Å². The van der Waals surface area contributed by atoms with E-state index >= 15 is 0 Å². The number of imidazole rings is 1. The number of nitrogens with zero attached hydrogens (tertiary/aromatic N) is 3. The zero-order valence-electron chi connectivity index (χ0n) is 14.2. The van der Waals surface area contributed by atoms with Crippen molar-refractivity contribution in [2.75, 3.05) is 11.9 Å². The van der Waals surface area contributed by atoms with Crippen molar-refractivity contribution in [1.82, 2.24) is 14.4 Å². The second-order valence-electron chi connectivity index (χ2n) is 5.68. The predicted octanol–water partition coefficient (Wildman–Crippen LogP) is 4.17. The lowest BCUT2D eigenvalue weighted by atomic mass is 10.1. The fourth-order valence-corrected chi connectivity index (χ4v) is 3.19. The van der Waals surface area contributed by atoms with Crippen molar-refractivity contribution in [3.8, 4) is 0 Å². The highest BCUT2D eigenvalue weighted by atomic mass is 79.9. The van der Waals surface area contributed by atoms with Crippen LogP contribution in [0.25, 0.3) is 16.6 Å². The standard InChI is InChI=1S/C18H14BrFN4O3/c1-2-26-17(25)14-9-24-16(23-14)12(19)8-22-18(24)21-7-11-10-5-6-27-15(10)4-3-13(11)20/h3-6,8-9H,2,7H2,1H3,(H,21,22). The number of carbonyl (C=O) groups is 1. The predicted molar refractivity (Wildman–Crippen MR) is 100 cm³/mol. The van der Waals surface area contributed by atoms with Crippen LogP contribution in [0.15, 0.2) is 45.7 Å². The van der Waals surface area contributed by atoms with Crippen LogP contribution in [0, 0.1) is 5.82 Å². The summed E-state index contributed by atoms with van der Waals surface area (Å²) in [6.07, 6.45) is 4.61. The van der Waals surface area contributed by atoms with E-state index in [0.717, 1.165) is 0 Å². The summed E-state index contributed by atoms with van der Waals surface area (Å²) in [4.78, 5) is 20.5. The topological polar surface area (TPSA) is 81.7 Å². The Morgan fingerprint density at radius 2 is 2.26 bits per heavy atom. The Bertz CT molecular complexity index is 1150. The molecule has 0 atom stereocenters. The molecule has 4 rings (SSSR count). The molecule has 27 heavy (non-hydrogen) atoms. The lowest BCUT2D eigenvalue weighted by molar-refractivity contribution is 0.0520. The van der Waals surface area contributed by atoms with E-state index < -0.39 is 5.97 Å². The Morgan fingerprint density at radius 3 is 3.07 bits per heavy atom. The molecule has 0 bridgehead atoms. The second-order valence-corrected chi connectivity index (χ2v) is 6.54. The molecule has 0 radical (unpaired) electrons. The maximum absolute atomic E-state index is 14.3. The van der Waals surface area contributed by atoms with Gasteiger partial charge in [0.05, 0.1) is 17.3 Å². The molecule has 0 fully saturated rings. The van der Waals surface area contributed by atoms with Crippen LogP contribution in [0.1, 0.15) is 23.0 Å². The lowest BCUT2D eigenvalue weighted by Gasteiger charge is -2.10. The van der Waals surface area contributed by atoms with Crippen molar-refractivity contribution < 1.29 is 18.3 Å². The van der Waals surface area contributed by atoms with Gasteiger partial charge in [-0.2, -0.15) is 0 Å². The van der Waals surface area contributed by atoms with Crippen molar-refractivity contribution in [3.63, 3.8) is 0 Å². The number of carbonyl (C=O) groups excluding carboxylic acids is 1.